The highest BCUT2D eigenvalue weighted by atomic mass is 16.3. The van der Waals surface area contributed by atoms with Crippen LogP contribution in [0.2, 0.25) is 0 Å². The van der Waals surface area contributed by atoms with Gasteiger partial charge in [-0.15, -0.1) is 0 Å². The van der Waals surface area contributed by atoms with E-state index in [-0.39, 0.29) is 12.6 Å². The first-order valence-electron chi connectivity index (χ1n) is 6.87. The van der Waals surface area contributed by atoms with Gasteiger partial charge in [-0.05, 0) is 11.5 Å². The van der Waals surface area contributed by atoms with Crippen molar-refractivity contribution < 1.29 is 15.3 Å². The van der Waals surface area contributed by atoms with Crippen LogP contribution in [0.25, 0.3) is 0 Å². The smallest absolute Gasteiger partial charge is 0.0742 e. The van der Waals surface area contributed by atoms with E-state index in [1.54, 1.807) is 0 Å². The number of nitrogens with zero attached hydrogens (tertiary/aromatic N) is 1. The lowest BCUT2D eigenvalue weighted by atomic mass is 9.94. The normalized spacial score (nSPS) is 30.2. The van der Waals surface area contributed by atoms with Crippen molar-refractivity contribution >= 4 is 0 Å². The number of hydrogen-bond donors (Lipinski definition) is 3. The van der Waals surface area contributed by atoms with E-state index in [1.165, 1.54) is 5.56 Å². The zero-order valence-electron chi connectivity index (χ0n) is 11.3. The molecule has 0 aromatic heterocycles. The number of hydrogen-bond acceptors (Lipinski definition) is 4. The quantitative estimate of drug-likeness (QED) is 0.745. The van der Waals surface area contributed by atoms with Gasteiger partial charge in [-0.25, -0.2) is 0 Å². The molecule has 0 bridgehead atoms. The lowest BCUT2D eigenvalue weighted by molar-refractivity contribution is -0.0667. The molecule has 19 heavy (non-hydrogen) atoms. The van der Waals surface area contributed by atoms with Crippen LogP contribution < -0.4 is 0 Å². The monoisotopic (exact) mass is 265 g/mol. The second-order valence-electron chi connectivity index (χ2n) is 5.47. The number of aliphatic hydroxyl groups excluding tert-OH is 3. The number of aliphatic hydroxyl groups is 3. The summed E-state index contributed by atoms with van der Waals surface area (Å²) in [6.07, 6.45) is -0.820. The third-order valence-electron chi connectivity index (χ3n) is 3.94. The summed E-state index contributed by atoms with van der Waals surface area (Å²) in [5.74, 6) is 0.299. The maximum atomic E-state index is 9.93. The van der Waals surface area contributed by atoms with Crippen molar-refractivity contribution in [2.75, 3.05) is 19.7 Å². The summed E-state index contributed by atoms with van der Waals surface area (Å²) in [6, 6.07) is 9.89. The van der Waals surface area contributed by atoms with Crippen molar-refractivity contribution in [3.63, 3.8) is 0 Å². The molecule has 3 unspecified atom stereocenters. The van der Waals surface area contributed by atoms with Crippen molar-refractivity contribution in [3.8, 4) is 0 Å². The van der Waals surface area contributed by atoms with Gasteiger partial charge in [-0.1, -0.05) is 37.3 Å². The molecule has 1 heterocycles. The molecule has 0 radical (unpaired) electrons. The molecular weight excluding hydrogens is 242 g/mol. The van der Waals surface area contributed by atoms with Crippen molar-refractivity contribution in [3.05, 3.63) is 35.9 Å². The largest absolute Gasteiger partial charge is 0.395 e. The molecule has 1 aromatic rings. The Morgan fingerprint density at radius 2 is 1.95 bits per heavy atom. The Morgan fingerprint density at radius 1 is 1.26 bits per heavy atom. The standard InChI is InChI=1S/C15H23NO3/c1-11(12-5-3-2-4-6-12)8-16-9-13(18)7-15(19)14(16)10-17/h2-6,11,13-15,17-19H,7-10H2,1H3/t11-,13?,14?,15?/m0/s1. The van der Waals surface area contributed by atoms with Crippen LogP contribution in [-0.4, -0.2) is 58.2 Å². The van der Waals surface area contributed by atoms with E-state index < -0.39 is 12.2 Å². The molecule has 3 N–H and O–H groups in total. The zero-order valence-corrected chi connectivity index (χ0v) is 11.3. The zero-order chi connectivity index (χ0) is 13.8. The lowest BCUT2D eigenvalue weighted by Crippen LogP contribution is -2.55. The summed E-state index contributed by atoms with van der Waals surface area (Å²) < 4.78 is 0. The minimum atomic E-state index is -0.656. The van der Waals surface area contributed by atoms with Crippen LogP contribution in [0.3, 0.4) is 0 Å². The number of benzene rings is 1. The number of piperidine rings is 1. The number of likely N-dealkylation sites (tertiary alicyclic amines) is 1. The van der Waals surface area contributed by atoms with Gasteiger partial charge in [0.25, 0.3) is 0 Å². The highest BCUT2D eigenvalue weighted by Crippen LogP contribution is 2.23. The van der Waals surface area contributed by atoms with Crippen molar-refractivity contribution in [1.82, 2.24) is 4.90 Å². The average molecular weight is 265 g/mol. The maximum Gasteiger partial charge on any atom is 0.0742 e. The van der Waals surface area contributed by atoms with E-state index >= 15 is 0 Å². The average Bonchev–Trinajstić information content (AvgIpc) is 2.39. The summed E-state index contributed by atoms with van der Waals surface area (Å²) in [4.78, 5) is 2.00. The molecule has 4 nitrogen and oxygen atoms in total. The lowest BCUT2D eigenvalue weighted by Gasteiger charge is -2.41. The van der Waals surface area contributed by atoms with E-state index in [0.29, 0.717) is 18.9 Å². The van der Waals surface area contributed by atoms with Crippen LogP contribution in [0, 0.1) is 0 Å². The molecule has 1 fully saturated rings. The van der Waals surface area contributed by atoms with Crippen molar-refractivity contribution in [2.45, 2.75) is 37.5 Å². The Kier molecular flexibility index (Phi) is 4.93. The van der Waals surface area contributed by atoms with Gasteiger partial charge in [-0.2, -0.15) is 0 Å². The Balaban J connectivity index is 2.03. The Bertz CT molecular complexity index is 384. The van der Waals surface area contributed by atoms with Gasteiger partial charge in [0.15, 0.2) is 0 Å². The van der Waals surface area contributed by atoms with Crippen LogP contribution in [0.15, 0.2) is 30.3 Å². The van der Waals surface area contributed by atoms with Crippen molar-refractivity contribution in [1.29, 1.82) is 0 Å². The van der Waals surface area contributed by atoms with E-state index in [9.17, 15) is 15.3 Å². The van der Waals surface area contributed by atoms with Crippen LogP contribution in [-0.2, 0) is 0 Å². The first-order valence-corrected chi connectivity index (χ1v) is 6.87. The molecule has 0 saturated carbocycles. The SMILES string of the molecule is C[C@@H](CN1CC(O)CC(O)C1CO)c1ccccc1. The summed E-state index contributed by atoms with van der Waals surface area (Å²) in [6.45, 7) is 3.29. The van der Waals surface area contributed by atoms with Gasteiger partial charge in [0.2, 0.25) is 0 Å². The molecule has 0 spiro atoms. The molecule has 0 aliphatic carbocycles. The van der Waals surface area contributed by atoms with Gasteiger partial charge in [-0.3, -0.25) is 4.90 Å². The van der Waals surface area contributed by atoms with Gasteiger partial charge < -0.3 is 15.3 Å². The first kappa shape index (κ1) is 14.5. The van der Waals surface area contributed by atoms with E-state index in [0.717, 1.165) is 6.54 Å². The first-order chi connectivity index (χ1) is 9.11. The van der Waals surface area contributed by atoms with Crippen molar-refractivity contribution in [2.24, 2.45) is 0 Å². The molecule has 1 aliphatic rings. The molecule has 106 valence electrons. The van der Waals surface area contributed by atoms with Gasteiger partial charge in [0.1, 0.15) is 0 Å². The van der Waals surface area contributed by atoms with Gasteiger partial charge >= 0.3 is 0 Å². The van der Waals surface area contributed by atoms with Gasteiger partial charge in [0, 0.05) is 19.5 Å². The molecule has 2 rings (SSSR count). The second-order valence-corrected chi connectivity index (χ2v) is 5.47. The number of rotatable bonds is 4. The van der Waals surface area contributed by atoms with Crippen LogP contribution in [0.4, 0.5) is 0 Å². The molecular formula is C15H23NO3. The molecule has 1 aromatic carbocycles. The fourth-order valence-corrected chi connectivity index (χ4v) is 2.85. The third-order valence-corrected chi connectivity index (χ3v) is 3.94. The fourth-order valence-electron chi connectivity index (χ4n) is 2.85. The van der Waals surface area contributed by atoms with Gasteiger partial charge in [0.05, 0.1) is 24.9 Å². The molecule has 4 atom stereocenters. The molecule has 4 heteroatoms. The Morgan fingerprint density at radius 3 is 2.58 bits per heavy atom. The van der Waals surface area contributed by atoms with Crippen LogP contribution in [0.5, 0.6) is 0 Å². The molecule has 1 saturated heterocycles. The predicted octanol–water partition coefficient (Wildman–Crippen LogP) is 0.578. The van der Waals surface area contributed by atoms with E-state index in [4.69, 9.17) is 0 Å². The Labute approximate surface area is 114 Å². The third kappa shape index (κ3) is 3.54. The number of β-amino-alcohol motifs (C(OH)–C–C–N with tert-alkyl or cyclic N) is 1. The molecule has 0 amide bonds. The maximum absolute atomic E-state index is 9.93. The highest BCUT2D eigenvalue weighted by Gasteiger charge is 2.34. The minimum Gasteiger partial charge on any atom is -0.395 e. The molecule has 1 aliphatic heterocycles. The summed E-state index contributed by atoms with van der Waals surface area (Å²) in [5.41, 5.74) is 1.23. The highest BCUT2D eigenvalue weighted by molar-refractivity contribution is 5.19. The van der Waals surface area contributed by atoms with Crippen LogP contribution in [0.1, 0.15) is 24.8 Å². The Hall–Kier alpha value is -0.940. The summed E-state index contributed by atoms with van der Waals surface area (Å²) >= 11 is 0. The predicted molar refractivity (Wildman–Crippen MR) is 73.9 cm³/mol. The second kappa shape index (κ2) is 6.48. The van der Waals surface area contributed by atoms with E-state index in [2.05, 4.69) is 19.1 Å². The van der Waals surface area contributed by atoms with Crippen LogP contribution >= 0.6 is 0 Å². The fraction of sp³-hybridized carbons (Fsp3) is 0.600. The topological polar surface area (TPSA) is 63.9 Å². The summed E-state index contributed by atoms with van der Waals surface area (Å²) in [5, 5.41) is 29.1. The summed E-state index contributed by atoms with van der Waals surface area (Å²) in [7, 11) is 0. The minimum absolute atomic E-state index is 0.0740. The van der Waals surface area contributed by atoms with E-state index in [1.807, 2.05) is 23.1 Å².